The van der Waals surface area contributed by atoms with Crippen molar-refractivity contribution in [3.8, 4) is 0 Å². The van der Waals surface area contributed by atoms with Crippen molar-refractivity contribution in [3.63, 3.8) is 0 Å². The molecule has 0 aliphatic heterocycles. The van der Waals surface area contributed by atoms with Crippen LogP contribution < -0.4 is 0 Å². The van der Waals surface area contributed by atoms with Crippen LogP contribution >= 0.6 is 0 Å². The number of aliphatic hydroxyl groups excluding tert-OH is 2. The standard InChI is InChI=1S/2C3H6O3.H2O2/c2*1-2(4)3(5)6;1-2/h2*2,4H,1H3,(H,5,6);1-2H. The zero-order valence-corrected chi connectivity index (χ0v) is 7.65. The predicted molar refractivity (Wildman–Crippen MR) is 43.9 cm³/mol. The van der Waals surface area contributed by atoms with Crippen LogP contribution in [0.5, 0.6) is 0 Å². The van der Waals surface area contributed by atoms with E-state index >= 15 is 0 Å². The van der Waals surface area contributed by atoms with E-state index in [1.54, 1.807) is 0 Å². The van der Waals surface area contributed by atoms with Crippen LogP contribution in [0.2, 0.25) is 0 Å². The smallest absolute Gasteiger partial charge is 0.332 e. The molecule has 0 aromatic rings. The van der Waals surface area contributed by atoms with Crippen LogP contribution in [0.4, 0.5) is 0 Å². The SMILES string of the molecule is CC(O)C(=O)O.CC(O)C(=O)O.OO. The topological polar surface area (TPSA) is 156 Å². The molecule has 0 spiro atoms. The van der Waals surface area contributed by atoms with E-state index in [1.165, 1.54) is 13.8 Å². The molecule has 0 bridgehead atoms. The van der Waals surface area contributed by atoms with Crippen LogP contribution in [0, 0.1) is 0 Å². The van der Waals surface area contributed by atoms with Crippen molar-refractivity contribution in [2.45, 2.75) is 26.1 Å². The lowest BCUT2D eigenvalue weighted by molar-refractivity contribution is -0.176. The Morgan fingerprint density at radius 2 is 0.929 bits per heavy atom. The third kappa shape index (κ3) is 22.4. The summed E-state index contributed by atoms with van der Waals surface area (Å²) in [7, 11) is 0. The molecule has 2 unspecified atom stereocenters. The van der Waals surface area contributed by atoms with Crippen LogP contribution in [-0.2, 0) is 9.59 Å². The molecule has 0 fully saturated rings. The van der Waals surface area contributed by atoms with Gasteiger partial charge in [0.2, 0.25) is 0 Å². The van der Waals surface area contributed by atoms with Gasteiger partial charge in [-0.15, -0.1) is 0 Å². The summed E-state index contributed by atoms with van der Waals surface area (Å²) in [4.78, 5) is 18.9. The molecule has 86 valence electrons. The third-order valence-corrected chi connectivity index (χ3v) is 0.715. The number of carbonyl (C=O) groups is 2. The maximum absolute atomic E-state index is 9.45. The molecule has 0 rings (SSSR count). The lowest BCUT2D eigenvalue weighted by Gasteiger charge is -1.89. The summed E-state index contributed by atoms with van der Waals surface area (Å²) >= 11 is 0. The van der Waals surface area contributed by atoms with Crippen LogP contribution in [0.1, 0.15) is 13.8 Å². The molecule has 0 radical (unpaired) electrons. The molecule has 0 aliphatic rings. The Hall–Kier alpha value is -1.22. The molecule has 0 aliphatic carbocycles. The molecular weight excluding hydrogens is 200 g/mol. The summed E-state index contributed by atoms with van der Waals surface area (Å²) in [5, 5.41) is 43.5. The lowest BCUT2D eigenvalue weighted by atomic mass is 10.4. The number of carboxylic acids is 2. The Balaban J connectivity index is -0.000000147. The van der Waals surface area contributed by atoms with Gasteiger partial charge in [-0.05, 0) is 13.8 Å². The summed E-state index contributed by atoms with van der Waals surface area (Å²) < 4.78 is 0. The van der Waals surface area contributed by atoms with Crippen LogP contribution in [0.15, 0.2) is 0 Å². The number of carboxylic acid groups (broad SMARTS) is 2. The zero-order chi connectivity index (χ0) is 12.3. The maximum atomic E-state index is 9.45. The number of rotatable bonds is 2. The van der Waals surface area contributed by atoms with E-state index in [4.69, 9.17) is 30.9 Å². The summed E-state index contributed by atoms with van der Waals surface area (Å²) in [6, 6.07) is 0. The Bertz CT molecular complexity index is 134. The minimum atomic E-state index is -1.23. The van der Waals surface area contributed by atoms with Gasteiger partial charge in [0.25, 0.3) is 0 Å². The predicted octanol–water partition coefficient (Wildman–Crippen LogP) is -1.08. The normalized spacial score (nSPS) is 12.1. The van der Waals surface area contributed by atoms with Gasteiger partial charge in [0.1, 0.15) is 12.2 Å². The van der Waals surface area contributed by atoms with Gasteiger partial charge < -0.3 is 20.4 Å². The number of hydrogen-bond acceptors (Lipinski definition) is 6. The molecule has 0 amide bonds. The second kappa shape index (κ2) is 11.8. The fourth-order valence-electron chi connectivity index (χ4n) is 0. The van der Waals surface area contributed by atoms with E-state index in [2.05, 4.69) is 0 Å². The molecule has 8 heteroatoms. The highest BCUT2D eigenvalue weighted by Crippen LogP contribution is 1.73. The van der Waals surface area contributed by atoms with Gasteiger partial charge in [-0.1, -0.05) is 0 Å². The van der Waals surface area contributed by atoms with Gasteiger partial charge in [0.05, 0.1) is 0 Å². The van der Waals surface area contributed by atoms with Crippen LogP contribution in [0.3, 0.4) is 0 Å². The first-order valence-corrected chi connectivity index (χ1v) is 3.30. The van der Waals surface area contributed by atoms with Crippen molar-refractivity contribution < 1.29 is 40.5 Å². The Morgan fingerprint density at radius 1 is 0.857 bits per heavy atom. The molecule has 0 saturated heterocycles. The summed E-state index contributed by atoms with van der Waals surface area (Å²) in [5.74, 6) is -2.37. The molecule has 6 N–H and O–H groups in total. The monoisotopic (exact) mass is 214 g/mol. The van der Waals surface area contributed by atoms with Gasteiger partial charge in [0, 0.05) is 0 Å². The number of hydrogen-bond donors (Lipinski definition) is 6. The molecule has 8 nitrogen and oxygen atoms in total. The van der Waals surface area contributed by atoms with Crippen molar-refractivity contribution in [3.05, 3.63) is 0 Å². The molecule has 0 aromatic carbocycles. The van der Waals surface area contributed by atoms with Crippen LogP contribution in [-0.4, -0.2) is 55.1 Å². The summed E-state index contributed by atoms with van der Waals surface area (Å²) in [6.07, 6.45) is -2.46. The van der Waals surface area contributed by atoms with Crippen molar-refractivity contribution in [1.82, 2.24) is 0 Å². The summed E-state index contributed by atoms with van der Waals surface area (Å²) in [5.41, 5.74) is 0. The third-order valence-electron chi connectivity index (χ3n) is 0.715. The first kappa shape index (κ1) is 18.5. The minimum absolute atomic E-state index is 1.19. The van der Waals surface area contributed by atoms with Crippen molar-refractivity contribution in [1.29, 1.82) is 0 Å². The number of aliphatic hydroxyl groups is 2. The average molecular weight is 214 g/mol. The van der Waals surface area contributed by atoms with E-state index in [0.29, 0.717) is 0 Å². The molecule has 0 aromatic heterocycles. The van der Waals surface area contributed by atoms with Gasteiger partial charge in [-0.2, -0.15) is 0 Å². The fourth-order valence-corrected chi connectivity index (χ4v) is 0. The fraction of sp³-hybridized carbons (Fsp3) is 0.667. The first-order chi connectivity index (χ1) is 6.29. The minimum Gasteiger partial charge on any atom is -0.479 e. The van der Waals surface area contributed by atoms with Crippen LogP contribution in [0.25, 0.3) is 0 Å². The quantitative estimate of drug-likeness (QED) is 0.250. The van der Waals surface area contributed by atoms with E-state index in [1.807, 2.05) is 0 Å². The number of aliphatic carboxylic acids is 2. The van der Waals surface area contributed by atoms with E-state index in [0.717, 1.165) is 0 Å². The highest BCUT2D eigenvalue weighted by Gasteiger charge is 2.01. The largest absolute Gasteiger partial charge is 0.479 e. The van der Waals surface area contributed by atoms with E-state index in [9.17, 15) is 9.59 Å². The first-order valence-electron chi connectivity index (χ1n) is 3.30. The summed E-state index contributed by atoms with van der Waals surface area (Å²) in [6.45, 7) is 2.39. The van der Waals surface area contributed by atoms with Crippen molar-refractivity contribution in [2.75, 3.05) is 0 Å². The second-order valence-corrected chi connectivity index (χ2v) is 2.03. The second-order valence-electron chi connectivity index (χ2n) is 2.03. The average Bonchev–Trinajstić information content (AvgIpc) is 2.08. The molecule has 0 heterocycles. The maximum Gasteiger partial charge on any atom is 0.332 e. The van der Waals surface area contributed by atoms with Gasteiger partial charge >= 0.3 is 11.9 Å². The zero-order valence-electron chi connectivity index (χ0n) is 7.65. The van der Waals surface area contributed by atoms with E-state index < -0.39 is 24.1 Å². The molecular formula is C6H14O8. The lowest BCUT2D eigenvalue weighted by Crippen LogP contribution is -2.13. The van der Waals surface area contributed by atoms with Crippen molar-refractivity contribution >= 4 is 11.9 Å². The van der Waals surface area contributed by atoms with Gasteiger partial charge in [0.15, 0.2) is 0 Å². The molecule has 0 saturated carbocycles. The molecule has 14 heavy (non-hydrogen) atoms. The highest BCUT2D eigenvalue weighted by molar-refractivity contribution is 5.71. The Kier molecular flexibility index (Phi) is 15.6. The van der Waals surface area contributed by atoms with Crippen molar-refractivity contribution in [2.24, 2.45) is 0 Å². The Morgan fingerprint density at radius 3 is 0.929 bits per heavy atom. The van der Waals surface area contributed by atoms with E-state index in [-0.39, 0.29) is 0 Å². The Labute approximate surface area is 79.6 Å². The van der Waals surface area contributed by atoms with Gasteiger partial charge in [-0.3, -0.25) is 10.5 Å². The molecule has 2 atom stereocenters. The highest BCUT2D eigenvalue weighted by atomic mass is 17.0. The van der Waals surface area contributed by atoms with Gasteiger partial charge in [-0.25, -0.2) is 9.59 Å².